The average molecular weight is 214 g/mol. The Bertz CT molecular complexity index is 183. The van der Waals surface area contributed by atoms with Gasteiger partial charge < -0.3 is 14.8 Å². The van der Waals surface area contributed by atoms with Crippen molar-refractivity contribution >= 4 is 0 Å². The molecule has 0 aromatic rings. The molecule has 2 aliphatic rings. The Morgan fingerprint density at radius 2 is 2.47 bits per heavy atom. The minimum absolute atomic E-state index is 0.370. The first-order valence-electron chi connectivity index (χ1n) is 5.96. The molecule has 4 heteroatoms. The van der Waals surface area contributed by atoms with Crippen LogP contribution in [0.25, 0.3) is 0 Å². The van der Waals surface area contributed by atoms with Crippen LogP contribution in [-0.2, 0) is 9.47 Å². The third-order valence-electron chi connectivity index (χ3n) is 3.26. The minimum Gasteiger partial charge on any atom is -0.380 e. The highest BCUT2D eigenvalue weighted by atomic mass is 16.5. The average Bonchev–Trinajstić information content (AvgIpc) is 2.31. The number of rotatable bonds is 3. The van der Waals surface area contributed by atoms with Crippen molar-refractivity contribution < 1.29 is 9.47 Å². The topological polar surface area (TPSA) is 33.7 Å². The number of likely N-dealkylation sites (tertiary alicyclic amines) is 1. The van der Waals surface area contributed by atoms with Crippen molar-refractivity contribution in [2.24, 2.45) is 0 Å². The molecule has 0 saturated carbocycles. The van der Waals surface area contributed by atoms with Crippen molar-refractivity contribution in [3.8, 4) is 0 Å². The molecule has 0 aromatic carbocycles. The molecule has 0 radical (unpaired) electrons. The highest BCUT2D eigenvalue weighted by Gasteiger charge is 2.23. The van der Waals surface area contributed by atoms with E-state index in [4.69, 9.17) is 9.47 Å². The Balaban J connectivity index is 1.72. The maximum absolute atomic E-state index is 5.70. The molecule has 0 bridgehead atoms. The summed E-state index contributed by atoms with van der Waals surface area (Å²) in [5.41, 5.74) is 0. The third kappa shape index (κ3) is 3.41. The normalized spacial score (nSPS) is 34.2. The van der Waals surface area contributed by atoms with E-state index in [9.17, 15) is 0 Å². The molecule has 2 aliphatic heterocycles. The second-order valence-electron chi connectivity index (χ2n) is 4.46. The minimum atomic E-state index is 0.370. The first kappa shape index (κ1) is 11.3. The number of morpholine rings is 1. The summed E-state index contributed by atoms with van der Waals surface area (Å²) >= 11 is 0. The summed E-state index contributed by atoms with van der Waals surface area (Å²) in [6.45, 7) is 6.15. The summed E-state index contributed by atoms with van der Waals surface area (Å²) in [4.78, 5) is 2.47. The van der Waals surface area contributed by atoms with Crippen LogP contribution in [0.2, 0.25) is 0 Å². The molecular weight excluding hydrogens is 192 g/mol. The van der Waals surface area contributed by atoms with E-state index in [2.05, 4.69) is 10.2 Å². The smallest absolute Gasteiger partial charge is 0.0826 e. The fourth-order valence-corrected chi connectivity index (χ4v) is 2.40. The largest absolute Gasteiger partial charge is 0.380 e. The Morgan fingerprint density at radius 3 is 3.20 bits per heavy atom. The molecule has 88 valence electrons. The molecule has 15 heavy (non-hydrogen) atoms. The highest BCUT2D eigenvalue weighted by molar-refractivity contribution is 4.77. The lowest BCUT2D eigenvalue weighted by molar-refractivity contribution is -0.0216. The number of piperidine rings is 1. The monoisotopic (exact) mass is 214 g/mol. The van der Waals surface area contributed by atoms with E-state index >= 15 is 0 Å². The van der Waals surface area contributed by atoms with Gasteiger partial charge in [-0.15, -0.1) is 0 Å². The summed E-state index contributed by atoms with van der Waals surface area (Å²) in [5.74, 6) is 0. The molecule has 2 fully saturated rings. The van der Waals surface area contributed by atoms with Gasteiger partial charge in [-0.1, -0.05) is 0 Å². The number of hydrogen-bond donors (Lipinski definition) is 1. The van der Waals surface area contributed by atoms with Crippen molar-refractivity contribution in [3.63, 3.8) is 0 Å². The van der Waals surface area contributed by atoms with Gasteiger partial charge in [-0.3, -0.25) is 4.90 Å². The van der Waals surface area contributed by atoms with Gasteiger partial charge in [-0.05, 0) is 19.4 Å². The van der Waals surface area contributed by atoms with E-state index in [0.29, 0.717) is 12.2 Å². The quantitative estimate of drug-likeness (QED) is 0.722. The number of methoxy groups -OCH3 is 1. The summed E-state index contributed by atoms with van der Waals surface area (Å²) in [6, 6.07) is 0. The van der Waals surface area contributed by atoms with Gasteiger partial charge >= 0.3 is 0 Å². The molecule has 2 heterocycles. The maximum atomic E-state index is 5.70. The second kappa shape index (κ2) is 5.80. The molecule has 2 atom stereocenters. The molecule has 1 N–H and O–H groups in total. The summed E-state index contributed by atoms with van der Waals surface area (Å²) in [7, 11) is 1.81. The number of nitrogens with one attached hydrogen (secondary N) is 1. The molecule has 2 saturated heterocycles. The Labute approximate surface area is 91.9 Å². The standard InChI is InChI=1S/C11H22N2O2/c1-14-10-3-2-5-13(8-10)9-11-7-12-4-6-15-11/h10-12H,2-9H2,1H3. The Kier molecular flexibility index (Phi) is 4.38. The SMILES string of the molecule is COC1CCCN(CC2CNCCO2)C1. The van der Waals surface area contributed by atoms with Crippen molar-refractivity contribution in [3.05, 3.63) is 0 Å². The molecule has 0 aromatic heterocycles. The highest BCUT2D eigenvalue weighted by Crippen LogP contribution is 2.13. The number of ether oxygens (including phenoxy) is 2. The van der Waals surface area contributed by atoms with Crippen molar-refractivity contribution in [1.29, 1.82) is 0 Å². The second-order valence-corrected chi connectivity index (χ2v) is 4.46. The van der Waals surface area contributed by atoms with E-state index in [1.54, 1.807) is 0 Å². The van der Waals surface area contributed by atoms with E-state index in [1.807, 2.05) is 7.11 Å². The van der Waals surface area contributed by atoms with Crippen LogP contribution >= 0.6 is 0 Å². The van der Waals surface area contributed by atoms with Gasteiger partial charge in [0, 0.05) is 33.3 Å². The van der Waals surface area contributed by atoms with Crippen molar-refractivity contribution in [2.45, 2.75) is 25.0 Å². The molecule has 0 aliphatic carbocycles. The van der Waals surface area contributed by atoms with Crippen LogP contribution in [0.3, 0.4) is 0 Å². The van der Waals surface area contributed by atoms with Crippen molar-refractivity contribution in [2.75, 3.05) is 46.4 Å². The Hall–Kier alpha value is -0.160. The van der Waals surface area contributed by atoms with E-state index in [-0.39, 0.29) is 0 Å². The van der Waals surface area contributed by atoms with Gasteiger partial charge in [0.25, 0.3) is 0 Å². The van der Waals surface area contributed by atoms with Gasteiger partial charge in [0.15, 0.2) is 0 Å². The fourth-order valence-electron chi connectivity index (χ4n) is 2.40. The number of hydrogen-bond acceptors (Lipinski definition) is 4. The first-order valence-corrected chi connectivity index (χ1v) is 5.96. The van der Waals surface area contributed by atoms with Crippen LogP contribution in [0.15, 0.2) is 0 Å². The van der Waals surface area contributed by atoms with Crippen LogP contribution in [0.4, 0.5) is 0 Å². The summed E-state index contributed by atoms with van der Waals surface area (Å²) in [5, 5.41) is 3.37. The van der Waals surface area contributed by atoms with Gasteiger partial charge in [0.1, 0.15) is 0 Å². The molecule has 2 unspecified atom stereocenters. The third-order valence-corrected chi connectivity index (χ3v) is 3.26. The number of nitrogens with zero attached hydrogens (tertiary/aromatic N) is 1. The summed E-state index contributed by atoms with van der Waals surface area (Å²) < 4.78 is 11.1. The van der Waals surface area contributed by atoms with Crippen LogP contribution in [0, 0.1) is 0 Å². The molecule has 2 rings (SSSR count). The fraction of sp³-hybridized carbons (Fsp3) is 1.00. The van der Waals surface area contributed by atoms with Crippen LogP contribution < -0.4 is 5.32 Å². The lowest BCUT2D eigenvalue weighted by Crippen LogP contribution is -2.48. The van der Waals surface area contributed by atoms with Gasteiger partial charge in [-0.25, -0.2) is 0 Å². The predicted octanol–water partition coefficient (Wildman–Crippen LogP) is 0.0856. The van der Waals surface area contributed by atoms with Crippen LogP contribution in [0.1, 0.15) is 12.8 Å². The van der Waals surface area contributed by atoms with Crippen molar-refractivity contribution in [1.82, 2.24) is 10.2 Å². The summed E-state index contributed by atoms with van der Waals surface area (Å²) in [6.07, 6.45) is 3.25. The van der Waals surface area contributed by atoms with Crippen LogP contribution in [-0.4, -0.2) is 63.5 Å². The van der Waals surface area contributed by atoms with E-state index in [1.165, 1.54) is 19.4 Å². The van der Waals surface area contributed by atoms with E-state index < -0.39 is 0 Å². The zero-order valence-corrected chi connectivity index (χ0v) is 9.58. The Morgan fingerprint density at radius 1 is 1.53 bits per heavy atom. The lowest BCUT2D eigenvalue weighted by Gasteiger charge is -2.35. The molecular formula is C11H22N2O2. The van der Waals surface area contributed by atoms with Gasteiger partial charge in [0.2, 0.25) is 0 Å². The predicted molar refractivity (Wildman–Crippen MR) is 59.1 cm³/mol. The molecule has 0 amide bonds. The zero-order chi connectivity index (χ0) is 10.5. The zero-order valence-electron chi connectivity index (χ0n) is 9.58. The molecule has 0 spiro atoms. The van der Waals surface area contributed by atoms with E-state index in [0.717, 1.165) is 32.8 Å². The first-order chi connectivity index (χ1) is 7.38. The van der Waals surface area contributed by atoms with Crippen LogP contribution in [0.5, 0.6) is 0 Å². The lowest BCUT2D eigenvalue weighted by atomic mass is 10.1. The maximum Gasteiger partial charge on any atom is 0.0826 e. The van der Waals surface area contributed by atoms with Gasteiger partial charge in [-0.2, -0.15) is 0 Å². The molecule has 4 nitrogen and oxygen atoms in total. The van der Waals surface area contributed by atoms with Gasteiger partial charge in [0.05, 0.1) is 18.8 Å².